The number of benzene rings is 1. The zero-order chi connectivity index (χ0) is 19.8. The zero-order valence-corrected chi connectivity index (χ0v) is 16.4. The number of halogens is 1. The number of imidazole rings is 1. The maximum absolute atomic E-state index is 12.0. The first-order chi connectivity index (χ1) is 13.4. The van der Waals surface area contributed by atoms with Crippen molar-refractivity contribution in [3.05, 3.63) is 64.3 Å². The Kier molecular flexibility index (Phi) is 4.66. The normalized spacial score (nSPS) is 12.2. The Morgan fingerprint density at radius 2 is 2.07 bits per heavy atom. The molecule has 28 heavy (non-hydrogen) atoms. The first-order valence-corrected chi connectivity index (χ1v) is 9.58. The lowest BCUT2D eigenvalue weighted by atomic mass is 10.1. The van der Waals surface area contributed by atoms with Gasteiger partial charge in [-0.25, -0.2) is 4.98 Å². The largest absolute Gasteiger partial charge is 0.469 e. The van der Waals surface area contributed by atoms with Gasteiger partial charge < -0.3 is 16.2 Å². The molecule has 0 spiro atoms. The molecule has 4 N–H and O–H groups in total. The van der Waals surface area contributed by atoms with Gasteiger partial charge in [0.1, 0.15) is 22.5 Å². The average Bonchev–Trinajstić information content (AvgIpc) is 3.25. The van der Waals surface area contributed by atoms with E-state index in [1.54, 1.807) is 35.0 Å². The van der Waals surface area contributed by atoms with Gasteiger partial charge in [-0.05, 0) is 25.1 Å². The molecule has 0 radical (unpaired) electrons. The molecule has 4 rings (SSSR count). The number of pyridine rings is 1. The van der Waals surface area contributed by atoms with Crippen molar-refractivity contribution >= 4 is 40.2 Å². The van der Waals surface area contributed by atoms with Crippen LogP contribution in [0.3, 0.4) is 0 Å². The molecule has 1 unspecified atom stereocenters. The minimum absolute atomic E-state index is 0.166. The number of nitrogens with zero attached hydrogens (tertiary/aromatic N) is 3. The van der Waals surface area contributed by atoms with Crippen LogP contribution in [0.5, 0.6) is 5.88 Å². The monoisotopic (exact) mass is 413 g/mol. The highest BCUT2D eigenvalue weighted by Crippen LogP contribution is 2.35. The molecular formula is C19H16ClN5O2S. The smallest absolute Gasteiger partial charge is 0.264 e. The van der Waals surface area contributed by atoms with E-state index in [4.69, 9.17) is 27.8 Å². The molecule has 9 heteroatoms. The Balaban J connectivity index is 1.75. The number of primary amides is 1. The Morgan fingerprint density at radius 1 is 1.29 bits per heavy atom. The number of carbonyl (C=O) groups is 1. The Labute approximate surface area is 169 Å². The minimum Gasteiger partial charge on any atom is -0.469 e. The van der Waals surface area contributed by atoms with E-state index in [2.05, 4.69) is 9.97 Å². The van der Waals surface area contributed by atoms with Gasteiger partial charge in [-0.2, -0.15) is 4.98 Å². The van der Waals surface area contributed by atoms with Crippen molar-refractivity contribution in [2.24, 2.45) is 5.73 Å². The fourth-order valence-electron chi connectivity index (χ4n) is 2.84. The van der Waals surface area contributed by atoms with E-state index in [9.17, 15) is 4.79 Å². The Bertz CT molecular complexity index is 1190. The van der Waals surface area contributed by atoms with Crippen molar-refractivity contribution in [3.63, 3.8) is 0 Å². The fraction of sp³-hybridized carbons (Fsp3) is 0.105. The molecule has 1 atom stereocenters. The molecule has 0 fully saturated rings. The molecule has 0 saturated heterocycles. The molecule has 3 aromatic heterocycles. The third-order valence-corrected chi connectivity index (χ3v) is 5.62. The van der Waals surface area contributed by atoms with E-state index in [0.717, 1.165) is 16.9 Å². The highest BCUT2D eigenvalue weighted by Gasteiger charge is 2.23. The van der Waals surface area contributed by atoms with Crippen LogP contribution in [0.1, 0.15) is 28.3 Å². The first kappa shape index (κ1) is 18.3. The molecular weight excluding hydrogens is 398 g/mol. The lowest BCUT2D eigenvalue weighted by Crippen LogP contribution is -2.12. The van der Waals surface area contributed by atoms with Crippen LogP contribution in [0, 0.1) is 0 Å². The molecule has 1 amide bonds. The number of thiazole rings is 1. The number of hydrogen-bond acceptors (Lipinski definition) is 6. The number of rotatable bonds is 5. The van der Waals surface area contributed by atoms with E-state index >= 15 is 0 Å². The van der Waals surface area contributed by atoms with Crippen LogP contribution >= 0.6 is 22.9 Å². The van der Waals surface area contributed by atoms with Crippen molar-refractivity contribution in [1.29, 1.82) is 0 Å². The molecule has 4 aromatic rings. The topological polar surface area (TPSA) is 109 Å². The van der Waals surface area contributed by atoms with E-state index in [1.165, 1.54) is 0 Å². The van der Waals surface area contributed by atoms with Gasteiger partial charge >= 0.3 is 0 Å². The number of amides is 1. The van der Waals surface area contributed by atoms with Gasteiger partial charge in [-0.3, -0.25) is 9.20 Å². The van der Waals surface area contributed by atoms with E-state index in [-0.39, 0.29) is 10.8 Å². The van der Waals surface area contributed by atoms with Crippen molar-refractivity contribution < 1.29 is 9.53 Å². The van der Waals surface area contributed by atoms with E-state index in [0.29, 0.717) is 27.1 Å². The minimum atomic E-state index is -0.613. The van der Waals surface area contributed by atoms with Crippen LogP contribution in [0.4, 0.5) is 5.69 Å². The molecule has 1 aromatic carbocycles. The summed E-state index contributed by atoms with van der Waals surface area (Å²) in [7, 11) is 0. The number of nitrogen functional groups attached to an aromatic ring is 1. The van der Waals surface area contributed by atoms with E-state index < -0.39 is 12.0 Å². The second-order valence-corrected chi connectivity index (χ2v) is 7.54. The molecule has 0 aliphatic rings. The average molecular weight is 414 g/mol. The van der Waals surface area contributed by atoms with Gasteiger partial charge in [0, 0.05) is 22.5 Å². The van der Waals surface area contributed by atoms with Crippen LogP contribution in [-0.2, 0) is 0 Å². The number of ether oxygens (including phenoxy) is 1. The highest BCUT2D eigenvalue weighted by molar-refractivity contribution is 7.17. The van der Waals surface area contributed by atoms with Crippen LogP contribution in [-0.4, -0.2) is 20.3 Å². The summed E-state index contributed by atoms with van der Waals surface area (Å²) in [5, 5.41) is 1.12. The maximum Gasteiger partial charge on any atom is 0.264 e. The number of aromatic nitrogens is 3. The predicted octanol–water partition coefficient (Wildman–Crippen LogP) is 3.93. The van der Waals surface area contributed by atoms with Crippen molar-refractivity contribution in [2.45, 2.75) is 13.0 Å². The van der Waals surface area contributed by atoms with Crippen molar-refractivity contribution in [2.75, 3.05) is 5.73 Å². The summed E-state index contributed by atoms with van der Waals surface area (Å²) in [6.07, 6.45) is 3.00. The molecule has 3 heterocycles. The molecule has 7 nitrogen and oxygen atoms in total. The summed E-state index contributed by atoms with van der Waals surface area (Å²) in [4.78, 5) is 21.0. The molecule has 0 aliphatic heterocycles. The number of hydrogen-bond donors (Lipinski definition) is 2. The molecule has 142 valence electrons. The maximum atomic E-state index is 12.0. The summed E-state index contributed by atoms with van der Waals surface area (Å²) in [6.45, 7) is 1.83. The number of carbonyl (C=O) groups excluding carboxylic acids is 1. The van der Waals surface area contributed by atoms with Crippen molar-refractivity contribution in [1.82, 2.24) is 14.4 Å². The third-order valence-electron chi connectivity index (χ3n) is 4.20. The van der Waals surface area contributed by atoms with Gasteiger partial charge in [0.15, 0.2) is 4.88 Å². The zero-order valence-electron chi connectivity index (χ0n) is 14.8. The summed E-state index contributed by atoms with van der Waals surface area (Å²) in [5.41, 5.74) is 14.2. The predicted molar refractivity (Wildman–Crippen MR) is 110 cm³/mol. The first-order valence-electron chi connectivity index (χ1n) is 8.38. The van der Waals surface area contributed by atoms with Crippen LogP contribution < -0.4 is 16.2 Å². The van der Waals surface area contributed by atoms with Gasteiger partial charge in [0.2, 0.25) is 5.88 Å². The van der Waals surface area contributed by atoms with Crippen LogP contribution in [0.15, 0.2) is 48.8 Å². The number of nitrogens with two attached hydrogens (primary N) is 2. The summed E-state index contributed by atoms with van der Waals surface area (Å²) in [5.74, 6) is -0.447. The Hall–Kier alpha value is -3.10. The second kappa shape index (κ2) is 7.14. The highest BCUT2D eigenvalue weighted by atomic mass is 35.5. The quantitative estimate of drug-likeness (QED) is 0.515. The van der Waals surface area contributed by atoms with Gasteiger partial charge in [-0.1, -0.05) is 29.8 Å². The lowest BCUT2D eigenvalue weighted by Gasteiger charge is -2.15. The number of fused-ring (bicyclic) bond motifs is 1. The van der Waals surface area contributed by atoms with Gasteiger partial charge in [0.25, 0.3) is 5.91 Å². The molecule has 0 bridgehead atoms. The third kappa shape index (κ3) is 3.28. The standard InChI is InChI=1S/C19H16ClN5O2S/c1-10(12-4-2-3-5-13(12)20)27-18-16(17(22)26)28-19(24-18)14-8-23-15-7-6-11(21)9-25(14)15/h2-10H,21H2,1H3,(H2,22,26). The lowest BCUT2D eigenvalue weighted by molar-refractivity contribution is 0.0997. The van der Waals surface area contributed by atoms with Crippen LogP contribution in [0.25, 0.3) is 16.3 Å². The Morgan fingerprint density at radius 3 is 2.82 bits per heavy atom. The molecule has 0 aliphatic carbocycles. The van der Waals surface area contributed by atoms with Gasteiger partial charge in [0.05, 0.1) is 6.20 Å². The van der Waals surface area contributed by atoms with Gasteiger partial charge in [-0.15, -0.1) is 11.3 Å². The SMILES string of the molecule is CC(Oc1nc(-c2cnc3ccc(N)cn23)sc1C(N)=O)c1ccccc1Cl. The van der Waals surface area contributed by atoms with Crippen molar-refractivity contribution in [3.8, 4) is 16.6 Å². The molecule has 0 saturated carbocycles. The van der Waals surface area contributed by atoms with Crippen LogP contribution in [0.2, 0.25) is 5.02 Å². The fourth-order valence-corrected chi connectivity index (χ4v) is 3.99. The summed E-state index contributed by atoms with van der Waals surface area (Å²) >= 11 is 7.38. The second-order valence-electron chi connectivity index (χ2n) is 6.13. The summed E-state index contributed by atoms with van der Waals surface area (Å²) in [6, 6.07) is 10.9. The summed E-state index contributed by atoms with van der Waals surface area (Å²) < 4.78 is 7.75. The van der Waals surface area contributed by atoms with E-state index in [1.807, 2.05) is 25.1 Å². The number of anilines is 1.